The van der Waals surface area contributed by atoms with Crippen LogP contribution in [0.1, 0.15) is 35.0 Å². The number of thiophene rings is 1. The Hall–Kier alpha value is -2.17. The van der Waals surface area contributed by atoms with Crippen LogP contribution in [0, 0.1) is 0 Å². The van der Waals surface area contributed by atoms with Crippen LogP contribution in [0.3, 0.4) is 0 Å². The lowest BCUT2D eigenvalue weighted by atomic mass is 9.88. The molecular weight excluding hydrogens is 452 g/mol. The van der Waals surface area contributed by atoms with Gasteiger partial charge >= 0.3 is 30.5 Å². The zero-order valence-corrected chi connectivity index (χ0v) is 18.5. The van der Waals surface area contributed by atoms with Crippen molar-refractivity contribution >= 4 is 53.6 Å². The minimum absolute atomic E-state index is 0.0251. The molecule has 17 heteroatoms. The third-order valence-corrected chi connectivity index (χ3v) is 6.08. The predicted molar refractivity (Wildman–Crippen MR) is 112 cm³/mol. The Kier molecular flexibility index (Phi) is 6.64. The summed E-state index contributed by atoms with van der Waals surface area (Å²) in [6.45, 7) is 4.38. The van der Waals surface area contributed by atoms with E-state index in [-0.39, 0.29) is 24.8 Å². The highest BCUT2D eigenvalue weighted by molar-refractivity contribution is 7.80. The molecule has 13 nitrogen and oxygen atoms in total. The second kappa shape index (κ2) is 8.76. The summed E-state index contributed by atoms with van der Waals surface area (Å²) in [6, 6.07) is -2.63. The molecule has 0 aromatic carbocycles. The molecule has 1 aromatic heterocycles. The molecule has 1 unspecified atom stereocenters. The van der Waals surface area contributed by atoms with Gasteiger partial charge in [-0.15, -0.1) is 15.6 Å². The molecule has 0 aliphatic carbocycles. The Morgan fingerprint density at radius 2 is 2.10 bits per heavy atom. The van der Waals surface area contributed by atoms with Crippen LogP contribution in [0.25, 0.3) is 0 Å². The van der Waals surface area contributed by atoms with Gasteiger partial charge in [0.05, 0.1) is 6.54 Å². The Bertz CT molecular complexity index is 1010. The highest BCUT2D eigenvalue weighted by Crippen LogP contribution is 2.48. The molecule has 1 saturated heterocycles. The van der Waals surface area contributed by atoms with Crippen LogP contribution in [0.2, 0.25) is 13.6 Å². The van der Waals surface area contributed by atoms with Crippen molar-refractivity contribution in [2.75, 3.05) is 6.54 Å². The van der Waals surface area contributed by atoms with E-state index in [9.17, 15) is 28.1 Å². The maximum atomic E-state index is 12.7. The number of fused-ring (bicyclic) bond motifs is 4. The van der Waals surface area contributed by atoms with Crippen molar-refractivity contribution in [3.63, 3.8) is 0 Å². The zero-order chi connectivity index (χ0) is 23.1. The van der Waals surface area contributed by atoms with Gasteiger partial charge in [0, 0.05) is 17.0 Å². The fraction of sp³-hybridized carbons (Fsp3) is 0.500. The third-order valence-electron chi connectivity index (χ3n) is 4.58. The van der Waals surface area contributed by atoms with Crippen molar-refractivity contribution in [1.29, 1.82) is 0 Å². The number of nitrogens with one attached hydrogen (secondary N) is 2. The smallest absolute Gasteiger partial charge is 0.431 e. The molecular formula is C14H21B2N5O8S2. The first-order valence-electron chi connectivity index (χ1n) is 9.20. The molecule has 2 aliphatic heterocycles. The lowest BCUT2D eigenvalue weighted by molar-refractivity contribution is -0.121. The molecule has 2 bridgehead atoms. The van der Waals surface area contributed by atoms with E-state index in [1.807, 2.05) is 0 Å². The number of guanidine groups is 1. The van der Waals surface area contributed by atoms with Gasteiger partial charge in [0.15, 0.2) is 11.7 Å². The first kappa shape index (κ1) is 23.5. The van der Waals surface area contributed by atoms with Crippen molar-refractivity contribution in [1.82, 2.24) is 20.5 Å². The first-order valence-corrected chi connectivity index (χ1v) is 11.4. The standard InChI is InChI=1S/C14H21B2N5O8S2/c1-7(22)11-10-8(4-17-13(18-15(2)24)19-16(3)25)6-30-12(10)9-5-20(11)14(23)21(9)29-31(26,27)28/h6,9,11,24-25H,4-5H2,1-3H3,(H2,17,18,19)(H,26,27,28)/t9?,11-/m1/s1. The normalized spacial score (nSPS) is 20.6. The average molecular weight is 473 g/mol. The van der Waals surface area contributed by atoms with Crippen LogP contribution in [-0.4, -0.2) is 71.4 Å². The van der Waals surface area contributed by atoms with E-state index in [0.717, 1.165) is 0 Å². The number of hydroxylamine groups is 2. The molecule has 168 valence electrons. The highest BCUT2D eigenvalue weighted by atomic mass is 32.3. The molecule has 0 spiro atoms. The van der Waals surface area contributed by atoms with Gasteiger partial charge in [-0.3, -0.25) is 14.3 Å². The maximum absolute atomic E-state index is 12.7. The summed E-state index contributed by atoms with van der Waals surface area (Å²) >= 11 is 1.22. The first-order chi connectivity index (χ1) is 14.4. The topological polar surface area (TPSA) is 181 Å². The van der Waals surface area contributed by atoms with E-state index >= 15 is 0 Å². The predicted octanol–water partition coefficient (Wildman–Crippen LogP) is -0.839. The molecule has 1 fully saturated rings. The fourth-order valence-electron chi connectivity index (χ4n) is 3.59. The van der Waals surface area contributed by atoms with Gasteiger partial charge in [0.1, 0.15) is 12.1 Å². The fourth-order valence-corrected chi connectivity index (χ4v) is 5.14. The van der Waals surface area contributed by atoms with Crippen LogP contribution < -0.4 is 10.5 Å². The number of rotatable bonds is 7. The summed E-state index contributed by atoms with van der Waals surface area (Å²) < 4.78 is 35.9. The lowest BCUT2D eigenvalue weighted by Crippen LogP contribution is -2.45. The largest absolute Gasteiger partial charge is 0.433 e. The van der Waals surface area contributed by atoms with Gasteiger partial charge in [-0.1, -0.05) is 0 Å². The van der Waals surface area contributed by atoms with Crippen LogP contribution in [0.15, 0.2) is 10.3 Å². The number of amides is 2. The van der Waals surface area contributed by atoms with Crippen LogP contribution in [0.4, 0.5) is 4.79 Å². The maximum Gasteiger partial charge on any atom is 0.431 e. The summed E-state index contributed by atoms with van der Waals surface area (Å²) in [4.78, 5) is 30.8. The number of nitrogens with zero attached hydrogens (tertiary/aromatic N) is 3. The number of ketones is 1. The second-order valence-corrected chi connectivity index (χ2v) is 9.03. The quantitative estimate of drug-likeness (QED) is 0.145. The van der Waals surface area contributed by atoms with Gasteiger partial charge in [-0.25, -0.2) is 4.79 Å². The van der Waals surface area contributed by atoms with Crippen LogP contribution in [0.5, 0.6) is 0 Å². The average Bonchev–Trinajstić information content (AvgIpc) is 3.14. The van der Waals surface area contributed by atoms with Gasteiger partial charge < -0.3 is 25.5 Å². The summed E-state index contributed by atoms with van der Waals surface area (Å²) in [5.74, 6) is -0.211. The minimum Gasteiger partial charge on any atom is -0.433 e. The number of carbonyl (C=O) groups is 2. The molecule has 5 N–H and O–H groups in total. The SMILES string of the molecule is CB(O)N=C(NCc1csc2c1[C@@H](C(C)=O)N1CC2N(OS(=O)(=O)O)C1=O)NB(C)O. The van der Waals surface area contributed by atoms with E-state index < -0.39 is 42.6 Å². The highest BCUT2D eigenvalue weighted by Gasteiger charge is 2.52. The molecule has 31 heavy (non-hydrogen) atoms. The van der Waals surface area contributed by atoms with E-state index in [1.54, 1.807) is 5.38 Å². The molecule has 3 heterocycles. The Labute approximate surface area is 183 Å². The van der Waals surface area contributed by atoms with Gasteiger partial charge in [-0.05, 0) is 31.5 Å². The Morgan fingerprint density at radius 1 is 1.42 bits per heavy atom. The van der Waals surface area contributed by atoms with E-state index in [2.05, 4.69) is 19.7 Å². The van der Waals surface area contributed by atoms with Crippen LogP contribution in [-0.2, 0) is 26.0 Å². The number of hydrogen-bond acceptors (Lipinski definition) is 9. The molecule has 2 aliphatic rings. The molecule has 3 rings (SSSR count). The van der Waals surface area contributed by atoms with Gasteiger partial charge in [0.2, 0.25) is 0 Å². The lowest BCUT2D eigenvalue weighted by Gasteiger charge is -2.30. The molecule has 0 radical (unpaired) electrons. The zero-order valence-electron chi connectivity index (χ0n) is 16.8. The van der Waals surface area contributed by atoms with Crippen molar-refractivity contribution in [3.05, 3.63) is 21.4 Å². The number of hydrogen-bond donors (Lipinski definition) is 5. The number of Topliss-reactive ketones (excluding diaryl/α,β-unsaturated/α-hetero) is 1. The molecule has 1 aromatic rings. The number of urea groups is 1. The van der Waals surface area contributed by atoms with Crippen molar-refractivity contribution < 1.29 is 36.9 Å². The minimum atomic E-state index is -4.94. The van der Waals surface area contributed by atoms with Crippen molar-refractivity contribution in [3.8, 4) is 0 Å². The monoisotopic (exact) mass is 473 g/mol. The van der Waals surface area contributed by atoms with Crippen molar-refractivity contribution in [2.24, 2.45) is 4.90 Å². The summed E-state index contributed by atoms with van der Waals surface area (Å²) in [6.07, 6.45) is 0. The van der Waals surface area contributed by atoms with Gasteiger partial charge in [0.25, 0.3) is 0 Å². The summed E-state index contributed by atoms with van der Waals surface area (Å²) in [5, 5.41) is 26.9. The van der Waals surface area contributed by atoms with Gasteiger partial charge in [-0.2, -0.15) is 13.5 Å². The number of carbonyl (C=O) groups excluding carboxylic acids is 2. The summed E-state index contributed by atoms with van der Waals surface area (Å²) in [7, 11) is -6.93. The Balaban J connectivity index is 1.94. The van der Waals surface area contributed by atoms with Crippen LogP contribution >= 0.6 is 11.3 Å². The Morgan fingerprint density at radius 3 is 2.65 bits per heavy atom. The molecule has 0 saturated carbocycles. The summed E-state index contributed by atoms with van der Waals surface area (Å²) in [5.41, 5.74) is 1.17. The van der Waals surface area contributed by atoms with E-state index in [1.165, 1.54) is 36.8 Å². The van der Waals surface area contributed by atoms with E-state index in [0.29, 0.717) is 21.1 Å². The molecule has 2 atom stereocenters. The van der Waals surface area contributed by atoms with Crippen molar-refractivity contribution in [2.45, 2.75) is 39.2 Å². The second-order valence-electron chi connectivity index (χ2n) is 7.11. The molecule has 2 amide bonds. The van der Waals surface area contributed by atoms with E-state index in [4.69, 9.17) is 4.55 Å². The third kappa shape index (κ3) is 5.02.